The molecule has 0 saturated heterocycles. The lowest BCUT2D eigenvalue weighted by Crippen LogP contribution is -2.21. The highest BCUT2D eigenvalue weighted by Crippen LogP contribution is 2.07. The van der Waals surface area contributed by atoms with Crippen molar-refractivity contribution in [1.29, 1.82) is 0 Å². The fraction of sp³-hybridized carbons (Fsp3) is 0.0909. The van der Waals surface area contributed by atoms with Crippen LogP contribution in [0.4, 0.5) is 5.69 Å². The molecule has 0 aliphatic rings. The van der Waals surface area contributed by atoms with Crippen LogP contribution in [-0.4, -0.2) is 16.6 Å². The van der Waals surface area contributed by atoms with E-state index in [4.69, 9.17) is 5.73 Å². The molecule has 4 nitrogen and oxygen atoms in total. The van der Waals surface area contributed by atoms with Crippen molar-refractivity contribution < 1.29 is 0 Å². The molecule has 1 aromatic carbocycles. The maximum absolute atomic E-state index is 5.63. The first-order valence-corrected chi connectivity index (χ1v) is 4.63. The van der Waals surface area contributed by atoms with Crippen molar-refractivity contribution in [3.8, 4) is 5.69 Å². The third kappa shape index (κ3) is 1.88. The predicted molar refractivity (Wildman–Crippen MR) is 59.5 cm³/mol. The number of aromatic nitrogens is 2. The van der Waals surface area contributed by atoms with Gasteiger partial charge in [0.15, 0.2) is 0 Å². The van der Waals surface area contributed by atoms with E-state index in [-0.39, 0.29) is 0 Å². The van der Waals surface area contributed by atoms with Crippen LogP contribution in [0.1, 0.15) is 0 Å². The molecule has 2 N–H and O–H groups in total. The first-order valence-electron chi connectivity index (χ1n) is 4.63. The van der Waals surface area contributed by atoms with Crippen molar-refractivity contribution in [1.82, 2.24) is 9.55 Å². The molecule has 0 fully saturated rings. The fourth-order valence-corrected chi connectivity index (χ4v) is 1.37. The Morgan fingerprint density at radius 2 is 2.00 bits per heavy atom. The minimum Gasteiger partial charge on any atom is -0.399 e. The number of rotatable bonds is 1. The first kappa shape index (κ1) is 9.45. The largest absolute Gasteiger partial charge is 0.399 e. The Kier molecular flexibility index (Phi) is 2.49. The van der Waals surface area contributed by atoms with Crippen LogP contribution < -0.4 is 11.4 Å². The van der Waals surface area contributed by atoms with Gasteiger partial charge in [-0.05, 0) is 30.3 Å². The van der Waals surface area contributed by atoms with Crippen molar-refractivity contribution >= 4 is 5.69 Å². The van der Waals surface area contributed by atoms with Crippen LogP contribution in [0.3, 0.4) is 0 Å². The van der Waals surface area contributed by atoms with Gasteiger partial charge < -0.3 is 5.73 Å². The minimum atomic E-state index is 0.669. The lowest BCUT2D eigenvalue weighted by Gasteiger charge is -2.05. The quantitative estimate of drug-likeness (QED) is 0.698. The van der Waals surface area contributed by atoms with Crippen LogP contribution in [0.25, 0.3) is 5.69 Å². The summed E-state index contributed by atoms with van der Waals surface area (Å²) in [6.07, 6.45) is 3.64. The fourth-order valence-electron chi connectivity index (χ4n) is 1.37. The molecule has 0 atom stereocenters. The summed E-state index contributed by atoms with van der Waals surface area (Å²) in [5.41, 5.74) is 8.04. The van der Waals surface area contributed by atoms with Crippen LogP contribution in [0.15, 0.2) is 47.7 Å². The van der Waals surface area contributed by atoms with Crippen molar-refractivity contribution in [2.45, 2.75) is 0 Å². The SMILES string of the molecule is CN=c1ncccn1-c1ccc(N)cc1. The van der Waals surface area contributed by atoms with Crippen LogP contribution in [0, 0.1) is 0 Å². The van der Waals surface area contributed by atoms with Crippen LogP contribution >= 0.6 is 0 Å². The topological polar surface area (TPSA) is 56.2 Å². The van der Waals surface area contributed by atoms with Crippen molar-refractivity contribution in [2.24, 2.45) is 4.99 Å². The van der Waals surface area contributed by atoms with E-state index in [2.05, 4.69) is 9.98 Å². The molecule has 2 aromatic rings. The highest BCUT2D eigenvalue weighted by molar-refractivity contribution is 5.44. The normalized spacial score (nSPS) is 11.7. The third-order valence-corrected chi connectivity index (χ3v) is 2.10. The molecular weight excluding hydrogens is 188 g/mol. The summed E-state index contributed by atoms with van der Waals surface area (Å²) >= 11 is 0. The Labute approximate surface area is 87.7 Å². The molecule has 0 saturated carbocycles. The van der Waals surface area contributed by atoms with Gasteiger partial charge in [-0.3, -0.25) is 9.56 Å². The number of nitrogen functional groups attached to an aromatic ring is 1. The lowest BCUT2D eigenvalue weighted by atomic mass is 10.3. The molecule has 4 heteroatoms. The van der Waals surface area contributed by atoms with Gasteiger partial charge in [0.05, 0.1) is 0 Å². The smallest absolute Gasteiger partial charge is 0.229 e. The second-order valence-corrected chi connectivity index (χ2v) is 3.10. The Morgan fingerprint density at radius 3 is 2.67 bits per heavy atom. The molecule has 0 aliphatic heterocycles. The zero-order valence-electron chi connectivity index (χ0n) is 8.46. The summed E-state index contributed by atoms with van der Waals surface area (Å²) in [7, 11) is 1.72. The van der Waals surface area contributed by atoms with E-state index in [0.29, 0.717) is 5.62 Å². The highest BCUT2D eigenvalue weighted by Gasteiger charge is 1.96. The average molecular weight is 200 g/mol. The Balaban J connectivity index is 2.59. The monoisotopic (exact) mass is 200 g/mol. The number of benzene rings is 1. The standard InChI is InChI=1S/C11H12N4/c1-13-11-14-7-2-8-15(11)10-5-3-9(12)4-6-10/h2-8H,12H2,1H3. The maximum Gasteiger partial charge on any atom is 0.229 e. The number of hydrogen-bond acceptors (Lipinski definition) is 3. The van der Waals surface area contributed by atoms with Crippen LogP contribution in [-0.2, 0) is 0 Å². The first-order chi connectivity index (χ1) is 7.31. The zero-order chi connectivity index (χ0) is 10.7. The zero-order valence-corrected chi connectivity index (χ0v) is 8.46. The number of nitrogens with zero attached hydrogens (tertiary/aromatic N) is 3. The summed E-state index contributed by atoms with van der Waals surface area (Å²) in [6.45, 7) is 0. The van der Waals surface area contributed by atoms with Crippen LogP contribution in [0.2, 0.25) is 0 Å². The van der Waals surface area contributed by atoms with Crippen molar-refractivity contribution in [2.75, 3.05) is 12.8 Å². The molecule has 0 amide bonds. The summed E-state index contributed by atoms with van der Waals surface area (Å²) in [5, 5.41) is 0. The van der Waals surface area contributed by atoms with Gasteiger partial charge in [-0.1, -0.05) is 0 Å². The van der Waals surface area contributed by atoms with Gasteiger partial charge in [0.2, 0.25) is 5.62 Å². The van der Waals surface area contributed by atoms with E-state index in [0.717, 1.165) is 11.4 Å². The van der Waals surface area contributed by atoms with E-state index >= 15 is 0 Å². The van der Waals surface area contributed by atoms with Crippen LogP contribution in [0.5, 0.6) is 0 Å². The number of anilines is 1. The summed E-state index contributed by atoms with van der Waals surface area (Å²) in [4.78, 5) is 8.25. The molecule has 0 bridgehead atoms. The number of hydrogen-bond donors (Lipinski definition) is 1. The van der Waals surface area contributed by atoms with Gasteiger partial charge in [0.1, 0.15) is 0 Å². The maximum atomic E-state index is 5.63. The minimum absolute atomic E-state index is 0.669. The average Bonchev–Trinajstić information content (AvgIpc) is 2.30. The predicted octanol–water partition coefficient (Wildman–Crippen LogP) is 0.985. The molecule has 0 spiro atoms. The number of nitrogens with two attached hydrogens (primary N) is 1. The Bertz CT molecular complexity index is 511. The summed E-state index contributed by atoms with van der Waals surface area (Å²) in [5.74, 6) is 0. The van der Waals surface area contributed by atoms with E-state index in [1.54, 1.807) is 13.2 Å². The van der Waals surface area contributed by atoms with Crippen molar-refractivity contribution in [3.05, 3.63) is 48.3 Å². The van der Waals surface area contributed by atoms with Crippen molar-refractivity contribution in [3.63, 3.8) is 0 Å². The summed E-state index contributed by atoms with van der Waals surface area (Å²) in [6, 6.07) is 9.45. The Hall–Kier alpha value is -2.10. The molecular formula is C11H12N4. The molecule has 0 unspecified atom stereocenters. The Morgan fingerprint density at radius 1 is 1.27 bits per heavy atom. The molecule has 0 radical (unpaired) electrons. The van der Waals surface area contributed by atoms with Gasteiger partial charge in [0.25, 0.3) is 0 Å². The highest BCUT2D eigenvalue weighted by atomic mass is 15.1. The molecule has 1 heterocycles. The second kappa shape index (κ2) is 3.96. The molecule has 76 valence electrons. The van der Waals surface area contributed by atoms with Gasteiger partial charge in [-0.15, -0.1) is 0 Å². The lowest BCUT2D eigenvalue weighted by molar-refractivity contribution is 0.862. The third-order valence-electron chi connectivity index (χ3n) is 2.10. The van der Waals surface area contributed by atoms with Gasteiger partial charge in [-0.25, -0.2) is 4.98 Å². The van der Waals surface area contributed by atoms with Gasteiger partial charge in [-0.2, -0.15) is 0 Å². The molecule has 2 rings (SSSR count). The second-order valence-electron chi connectivity index (χ2n) is 3.10. The molecule has 0 aliphatic carbocycles. The van der Waals surface area contributed by atoms with E-state index in [1.165, 1.54) is 0 Å². The van der Waals surface area contributed by atoms with E-state index < -0.39 is 0 Å². The molecule has 15 heavy (non-hydrogen) atoms. The van der Waals surface area contributed by atoms with Gasteiger partial charge >= 0.3 is 0 Å². The van der Waals surface area contributed by atoms with E-state index in [1.807, 2.05) is 41.1 Å². The molecule has 1 aromatic heterocycles. The van der Waals surface area contributed by atoms with Gasteiger partial charge in [0, 0.05) is 30.8 Å². The summed E-state index contributed by atoms with van der Waals surface area (Å²) < 4.78 is 1.90. The van der Waals surface area contributed by atoms with E-state index in [9.17, 15) is 0 Å².